The highest BCUT2D eigenvalue weighted by Crippen LogP contribution is 2.16. The lowest BCUT2D eigenvalue weighted by Gasteiger charge is -2.25. The first-order valence-corrected chi connectivity index (χ1v) is 13.2. The molecule has 0 heterocycles. The predicted octanol–water partition coefficient (Wildman–Crippen LogP) is 0.193. The maximum atomic E-state index is 8.62. The molecule has 12 nitrogen and oxygen atoms in total. The largest absolute Gasteiger partial charge is 0.399 e. The molecule has 0 atom stereocenters. The summed E-state index contributed by atoms with van der Waals surface area (Å²) in [5.41, 5.74) is 7.61. The smallest absolute Gasteiger partial charge is 0.0701 e. The van der Waals surface area contributed by atoms with Crippen molar-refractivity contribution >= 4 is 11.4 Å². The fourth-order valence-corrected chi connectivity index (χ4v) is 3.06. The van der Waals surface area contributed by atoms with Crippen molar-refractivity contribution in [2.75, 3.05) is 143 Å². The first kappa shape index (κ1) is 34.4. The van der Waals surface area contributed by atoms with Crippen molar-refractivity contribution in [1.82, 2.24) is 0 Å². The maximum absolute atomic E-state index is 8.62. The average molecular weight is 549 g/mol. The third-order valence-corrected chi connectivity index (χ3v) is 4.97. The molecular weight excluding hydrogens is 500 g/mol. The number of nitrogen functional groups attached to an aromatic ring is 1. The molecule has 0 spiro atoms. The number of benzene rings is 1. The summed E-state index contributed by atoms with van der Waals surface area (Å²) in [5.74, 6) is 0. The molecule has 0 aromatic heterocycles. The Kier molecular flexibility index (Phi) is 24.5. The van der Waals surface area contributed by atoms with Crippen LogP contribution in [0.5, 0.6) is 0 Å². The van der Waals surface area contributed by atoms with Gasteiger partial charge in [-0.15, -0.1) is 0 Å². The number of aliphatic hydroxyl groups is 2. The zero-order valence-corrected chi connectivity index (χ0v) is 22.6. The maximum Gasteiger partial charge on any atom is 0.0701 e. The lowest BCUT2D eigenvalue weighted by Crippen LogP contribution is -2.31. The summed E-state index contributed by atoms with van der Waals surface area (Å²) in [6, 6.07) is 7.75. The van der Waals surface area contributed by atoms with Crippen LogP contribution in [0.3, 0.4) is 0 Å². The number of anilines is 2. The van der Waals surface area contributed by atoms with Gasteiger partial charge in [-0.3, -0.25) is 0 Å². The topological polar surface area (TPSA) is 144 Å². The van der Waals surface area contributed by atoms with E-state index in [0.29, 0.717) is 119 Å². The Morgan fingerprint density at radius 2 is 0.737 bits per heavy atom. The molecule has 0 saturated carbocycles. The molecular formula is C26H48N2O10. The van der Waals surface area contributed by atoms with E-state index in [1.807, 2.05) is 24.3 Å². The van der Waals surface area contributed by atoms with Crippen molar-refractivity contribution < 1.29 is 48.1 Å². The summed E-state index contributed by atoms with van der Waals surface area (Å²) in [6.45, 7) is 9.10. The van der Waals surface area contributed by atoms with Crippen LogP contribution in [0.4, 0.5) is 11.4 Å². The van der Waals surface area contributed by atoms with E-state index in [2.05, 4.69) is 4.90 Å². The summed E-state index contributed by atoms with van der Waals surface area (Å²) in [5, 5.41) is 17.2. The van der Waals surface area contributed by atoms with Crippen LogP contribution < -0.4 is 10.6 Å². The van der Waals surface area contributed by atoms with E-state index in [-0.39, 0.29) is 13.2 Å². The molecule has 0 amide bonds. The molecule has 0 saturated heterocycles. The van der Waals surface area contributed by atoms with Gasteiger partial charge in [0.05, 0.1) is 119 Å². The van der Waals surface area contributed by atoms with E-state index in [0.717, 1.165) is 11.4 Å². The molecule has 222 valence electrons. The highest BCUT2D eigenvalue weighted by molar-refractivity contribution is 5.53. The quantitative estimate of drug-likeness (QED) is 0.0929. The Bertz CT molecular complexity index is 582. The van der Waals surface area contributed by atoms with Crippen LogP contribution in [0, 0.1) is 0 Å². The van der Waals surface area contributed by atoms with Crippen molar-refractivity contribution in [2.24, 2.45) is 0 Å². The average Bonchev–Trinajstić information content (AvgIpc) is 2.93. The summed E-state index contributed by atoms with van der Waals surface area (Å²) < 4.78 is 43.4. The van der Waals surface area contributed by atoms with Crippen LogP contribution in [-0.4, -0.2) is 142 Å². The Morgan fingerprint density at radius 1 is 0.447 bits per heavy atom. The van der Waals surface area contributed by atoms with E-state index < -0.39 is 0 Å². The van der Waals surface area contributed by atoms with Gasteiger partial charge in [0.2, 0.25) is 0 Å². The molecule has 1 aromatic carbocycles. The molecule has 0 unspecified atom stereocenters. The molecule has 0 aliphatic heterocycles. The molecule has 0 aliphatic rings. The SMILES string of the molecule is Nc1ccc(N(CCOCCOCCOCCOCCO)CCOCCOCCOCCOCCO)cc1. The molecule has 1 rings (SSSR count). The second-order valence-electron chi connectivity index (χ2n) is 7.92. The number of nitrogens with two attached hydrogens (primary N) is 1. The standard InChI is InChI=1S/C26H48N2O10/c27-25-1-3-26(4-2-25)28(5-9-31-13-17-35-21-23-37-19-15-33-11-7-29)6-10-32-14-18-36-22-24-38-20-16-34-12-8-30/h1-4,29-30H,5-24,27H2. The van der Waals surface area contributed by atoms with Crippen molar-refractivity contribution in [3.63, 3.8) is 0 Å². The second-order valence-corrected chi connectivity index (χ2v) is 7.92. The molecule has 4 N–H and O–H groups in total. The van der Waals surface area contributed by atoms with E-state index in [9.17, 15) is 0 Å². The molecule has 0 fully saturated rings. The van der Waals surface area contributed by atoms with Crippen LogP contribution in [0.1, 0.15) is 0 Å². The number of nitrogens with zero attached hydrogens (tertiary/aromatic N) is 1. The fraction of sp³-hybridized carbons (Fsp3) is 0.769. The Balaban J connectivity index is 2.07. The minimum absolute atomic E-state index is 0.0206. The van der Waals surface area contributed by atoms with Gasteiger partial charge in [-0.05, 0) is 24.3 Å². The van der Waals surface area contributed by atoms with E-state index >= 15 is 0 Å². The van der Waals surface area contributed by atoms with Crippen molar-refractivity contribution in [1.29, 1.82) is 0 Å². The first-order chi connectivity index (χ1) is 18.8. The van der Waals surface area contributed by atoms with Gasteiger partial charge in [-0.25, -0.2) is 0 Å². The van der Waals surface area contributed by atoms with Crippen molar-refractivity contribution in [3.8, 4) is 0 Å². The number of aliphatic hydroxyl groups excluding tert-OH is 2. The monoisotopic (exact) mass is 548 g/mol. The van der Waals surface area contributed by atoms with Gasteiger partial charge in [0.1, 0.15) is 0 Å². The minimum atomic E-state index is 0.0206. The number of hydrogen-bond donors (Lipinski definition) is 3. The molecule has 12 heteroatoms. The summed E-state index contributed by atoms with van der Waals surface area (Å²) >= 11 is 0. The van der Waals surface area contributed by atoms with Crippen LogP contribution in [-0.2, 0) is 37.9 Å². The summed E-state index contributed by atoms with van der Waals surface area (Å²) in [7, 11) is 0. The zero-order valence-electron chi connectivity index (χ0n) is 22.6. The molecule has 0 bridgehead atoms. The zero-order chi connectivity index (χ0) is 27.4. The van der Waals surface area contributed by atoms with Gasteiger partial charge in [-0.2, -0.15) is 0 Å². The third kappa shape index (κ3) is 21.4. The molecule has 38 heavy (non-hydrogen) atoms. The van der Waals surface area contributed by atoms with Gasteiger partial charge in [-0.1, -0.05) is 0 Å². The highest BCUT2D eigenvalue weighted by Gasteiger charge is 2.07. The lowest BCUT2D eigenvalue weighted by molar-refractivity contribution is -0.00591. The van der Waals surface area contributed by atoms with Crippen LogP contribution in [0.2, 0.25) is 0 Å². The minimum Gasteiger partial charge on any atom is -0.399 e. The Labute approximate surface area is 226 Å². The molecule has 1 aromatic rings. The Morgan fingerprint density at radius 3 is 1.05 bits per heavy atom. The lowest BCUT2D eigenvalue weighted by atomic mass is 10.2. The van der Waals surface area contributed by atoms with Crippen LogP contribution in [0.15, 0.2) is 24.3 Å². The van der Waals surface area contributed by atoms with Crippen LogP contribution >= 0.6 is 0 Å². The predicted molar refractivity (Wildman–Crippen MR) is 144 cm³/mol. The van der Waals surface area contributed by atoms with Crippen molar-refractivity contribution in [2.45, 2.75) is 0 Å². The number of hydrogen-bond acceptors (Lipinski definition) is 12. The second kappa shape index (κ2) is 27.0. The van der Waals surface area contributed by atoms with Gasteiger partial charge in [0.15, 0.2) is 0 Å². The van der Waals surface area contributed by atoms with Crippen LogP contribution in [0.25, 0.3) is 0 Å². The fourth-order valence-electron chi connectivity index (χ4n) is 3.06. The van der Waals surface area contributed by atoms with Gasteiger partial charge in [0, 0.05) is 24.5 Å². The first-order valence-electron chi connectivity index (χ1n) is 13.2. The number of ether oxygens (including phenoxy) is 8. The van der Waals surface area contributed by atoms with Crippen molar-refractivity contribution in [3.05, 3.63) is 24.3 Å². The van der Waals surface area contributed by atoms with E-state index in [4.69, 9.17) is 53.8 Å². The number of rotatable bonds is 29. The van der Waals surface area contributed by atoms with E-state index in [1.54, 1.807) is 0 Å². The highest BCUT2D eigenvalue weighted by atomic mass is 16.6. The Hall–Kier alpha value is -1.58. The summed E-state index contributed by atoms with van der Waals surface area (Å²) in [4.78, 5) is 2.20. The molecule has 0 radical (unpaired) electrons. The normalized spacial score (nSPS) is 11.3. The third-order valence-electron chi connectivity index (χ3n) is 4.97. The summed E-state index contributed by atoms with van der Waals surface area (Å²) in [6.07, 6.45) is 0. The van der Waals surface area contributed by atoms with Gasteiger partial charge >= 0.3 is 0 Å². The molecule has 0 aliphatic carbocycles. The van der Waals surface area contributed by atoms with Gasteiger partial charge in [0.25, 0.3) is 0 Å². The van der Waals surface area contributed by atoms with Gasteiger partial charge < -0.3 is 58.7 Å². The van der Waals surface area contributed by atoms with E-state index in [1.165, 1.54) is 0 Å².